The van der Waals surface area contributed by atoms with Crippen molar-refractivity contribution in [2.24, 2.45) is 11.8 Å². The van der Waals surface area contributed by atoms with Gasteiger partial charge in [-0.2, -0.15) is 4.98 Å². The van der Waals surface area contributed by atoms with Crippen molar-refractivity contribution < 1.29 is 0 Å². The number of piperidine rings is 1. The highest BCUT2D eigenvalue weighted by Gasteiger charge is 2.30. The van der Waals surface area contributed by atoms with Crippen LogP contribution in [0.3, 0.4) is 0 Å². The van der Waals surface area contributed by atoms with Crippen LogP contribution in [-0.2, 0) is 0 Å². The molecule has 0 aromatic carbocycles. The Morgan fingerprint density at radius 1 is 1.42 bits per heavy atom. The molecule has 4 nitrogen and oxygen atoms in total. The molecule has 1 aliphatic heterocycles. The van der Waals surface area contributed by atoms with Crippen molar-refractivity contribution in [3.8, 4) is 0 Å². The van der Waals surface area contributed by atoms with Crippen LogP contribution in [0.25, 0.3) is 0 Å². The monoisotopic (exact) mass is 326 g/mol. The van der Waals surface area contributed by atoms with Gasteiger partial charge in [0.2, 0.25) is 5.95 Å². The zero-order valence-electron chi connectivity index (χ0n) is 12.2. The Bertz CT molecular complexity index is 437. The smallest absolute Gasteiger partial charge is 0.224 e. The van der Waals surface area contributed by atoms with Crippen molar-refractivity contribution in [3.05, 3.63) is 10.7 Å². The Hall–Kier alpha value is -0.840. The van der Waals surface area contributed by atoms with Crippen LogP contribution in [-0.4, -0.2) is 29.1 Å². The highest BCUT2D eigenvalue weighted by atomic mass is 79.9. The van der Waals surface area contributed by atoms with Crippen molar-refractivity contribution >= 4 is 27.7 Å². The number of anilines is 2. The molecule has 19 heavy (non-hydrogen) atoms. The Kier molecular flexibility index (Phi) is 4.66. The van der Waals surface area contributed by atoms with Gasteiger partial charge in [0, 0.05) is 25.3 Å². The van der Waals surface area contributed by atoms with E-state index in [1.165, 1.54) is 6.42 Å². The van der Waals surface area contributed by atoms with E-state index >= 15 is 0 Å². The SMILES string of the molecule is CCNc1ncc(Br)c(N2CC(C)CC(C)C2C)n1. The predicted octanol–water partition coefficient (Wildman–Crippen LogP) is 3.54. The molecule has 2 heterocycles. The minimum Gasteiger partial charge on any atom is -0.354 e. The summed E-state index contributed by atoms with van der Waals surface area (Å²) in [6.45, 7) is 10.9. The first kappa shape index (κ1) is 14.6. The van der Waals surface area contributed by atoms with Crippen LogP contribution in [0.4, 0.5) is 11.8 Å². The van der Waals surface area contributed by atoms with E-state index in [1.807, 2.05) is 6.20 Å². The molecule has 1 N–H and O–H groups in total. The van der Waals surface area contributed by atoms with Crippen LogP contribution in [0.15, 0.2) is 10.7 Å². The highest BCUT2D eigenvalue weighted by Crippen LogP contribution is 2.34. The van der Waals surface area contributed by atoms with Gasteiger partial charge in [0.1, 0.15) is 5.82 Å². The normalized spacial score (nSPS) is 27.4. The number of aromatic nitrogens is 2. The molecule has 3 unspecified atom stereocenters. The van der Waals surface area contributed by atoms with Gasteiger partial charge in [-0.1, -0.05) is 13.8 Å². The highest BCUT2D eigenvalue weighted by molar-refractivity contribution is 9.10. The lowest BCUT2D eigenvalue weighted by Gasteiger charge is -2.42. The van der Waals surface area contributed by atoms with Gasteiger partial charge in [0.15, 0.2) is 0 Å². The maximum atomic E-state index is 4.66. The molecule has 1 fully saturated rings. The summed E-state index contributed by atoms with van der Waals surface area (Å²) < 4.78 is 0.974. The van der Waals surface area contributed by atoms with Crippen LogP contribution < -0.4 is 10.2 Å². The number of rotatable bonds is 3. The molecule has 2 rings (SSSR count). The molecule has 0 aliphatic carbocycles. The van der Waals surface area contributed by atoms with Crippen LogP contribution in [0.5, 0.6) is 0 Å². The summed E-state index contributed by atoms with van der Waals surface area (Å²) in [5.74, 6) is 3.11. The first-order valence-electron chi connectivity index (χ1n) is 7.06. The molecule has 1 saturated heterocycles. The van der Waals surface area contributed by atoms with E-state index in [4.69, 9.17) is 0 Å². The van der Waals surface area contributed by atoms with Gasteiger partial charge in [-0.3, -0.25) is 0 Å². The Labute approximate surface area is 124 Å². The summed E-state index contributed by atoms with van der Waals surface area (Å²) in [6, 6.07) is 0.511. The standard InChI is InChI=1S/C14H23BrN4/c1-5-16-14-17-7-12(15)13(18-14)19-8-9(2)6-10(3)11(19)4/h7,9-11H,5-6,8H2,1-4H3,(H,16,17,18). The van der Waals surface area contributed by atoms with Crippen molar-refractivity contribution in [1.82, 2.24) is 9.97 Å². The second-order valence-electron chi connectivity index (χ2n) is 5.61. The first-order valence-corrected chi connectivity index (χ1v) is 7.85. The lowest BCUT2D eigenvalue weighted by atomic mass is 9.86. The topological polar surface area (TPSA) is 41.1 Å². The molecule has 0 saturated carbocycles. The Morgan fingerprint density at radius 3 is 2.84 bits per heavy atom. The maximum Gasteiger partial charge on any atom is 0.224 e. The molecule has 0 bridgehead atoms. The fourth-order valence-corrected chi connectivity index (χ4v) is 3.22. The second kappa shape index (κ2) is 6.07. The van der Waals surface area contributed by atoms with Gasteiger partial charge >= 0.3 is 0 Å². The van der Waals surface area contributed by atoms with Gasteiger partial charge in [0.25, 0.3) is 0 Å². The second-order valence-corrected chi connectivity index (χ2v) is 6.46. The quantitative estimate of drug-likeness (QED) is 0.922. The fraction of sp³-hybridized carbons (Fsp3) is 0.714. The summed E-state index contributed by atoms with van der Waals surface area (Å²) in [7, 11) is 0. The van der Waals surface area contributed by atoms with E-state index in [0.717, 1.165) is 23.4 Å². The third-order valence-electron chi connectivity index (χ3n) is 3.93. The number of hydrogen-bond acceptors (Lipinski definition) is 4. The van der Waals surface area contributed by atoms with Crippen LogP contribution in [0.2, 0.25) is 0 Å². The molecule has 3 atom stereocenters. The van der Waals surface area contributed by atoms with Crippen molar-refractivity contribution in [3.63, 3.8) is 0 Å². The third kappa shape index (κ3) is 3.19. The van der Waals surface area contributed by atoms with Crippen LogP contribution >= 0.6 is 15.9 Å². The van der Waals surface area contributed by atoms with Gasteiger partial charge in [-0.15, -0.1) is 0 Å². The minimum absolute atomic E-state index is 0.511. The molecular weight excluding hydrogens is 304 g/mol. The predicted molar refractivity (Wildman–Crippen MR) is 83.6 cm³/mol. The zero-order valence-corrected chi connectivity index (χ0v) is 13.7. The average Bonchev–Trinajstić information content (AvgIpc) is 2.36. The van der Waals surface area contributed by atoms with Crippen molar-refractivity contribution in [2.45, 2.75) is 40.2 Å². The zero-order chi connectivity index (χ0) is 14.0. The molecule has 5 heteroatoms. The van der Waals surface area contributed by atoms with E-state index in [-0.39, 0.29) is 0 Å². The Balaban J connectivity index is 2.30. The summed E-state index contributed by atoms with van der Waals surface area (Å²) in [6.07, 6.45) is 3.14. The number of nitrogens with zero attached hydrogens (tertiary/aromatic N) is 3. The summed E-state index contributed by atoms with van der Waals surface area (Å²) in [4.78, 5) is 11.4. The molecule has 1 aliphatic rings. The third-order valence-corrected chi connectivity index (χ3v) is 4.49. The first-order chi connectivity index (χ1) is 9.02. The van der Waals surface area contributed by atoms with Crippen molar-refractivity contribution in [1.29, 1.82) is 0 Å². The van der Waals surface area contributed by atoms with E-state index in [1.54, 1.807) is 0 Å². The van der Waals surface area contributed by atoms with E-state index < -0.39 is 0 Å². The molecule has 0 spiro atoms. The van der Waals surface area contributed by atoms with Gasteiger partial charge in [0.05, 0.1) is 4.47 Å². The maximum absolute atomic E-state index is 4.66. The minimum atomic E-state index is 0.511. The fourth-order valence-electron chi connectivity index (χ4n) is 2.80. The summed E-state index contributed by atoms with van der Waals surface area (Å²) in [5.41, 5.74) is 0. The number of hydrogen-bond donors (Lipinski definition) is 1. The van der Waals surface area contributed by atoms with Gasteiger partial charge in [-0.05, 0) is 48.0 Å². The molecule has 1 aromatic heterocycles. The molecule has 0 amide bonds. The largest absolute Gasteiger partial charge is 0.354 e. The number of nitrogens with one attached hydrogen (secondary N) is 1. The van der Waals surface area contributed by atoms with Crippen LogP contribution in [0.1, 0.15) is 34.1 Å². The van der Waals surface area contributed by atoms with E-state index in [0.29, 0.717) is 23.8 Å². The Morgan fingerprint density at radius 2 is 2.16 bits per heavy atom. The lowest BCUT2D eigenvalue weighted by Crippen LogP contribution is -2.46. The van der Waals surface area contributed by atoms with Crippen molar-refractivity contribution in [2.75, 3.05) is 23.3 Å². The number of halogens is 1. The van der Waals surface area contributed by atoms with Gasteiger partial charge in [-0.25, -0.2) is 4.98 Å². The van der Waals surface area contributed by atoms with E-state index in [2.05, 4.69) is 63.8 Å². The molecular formula is C14H23BrN4. The summed E-state index contributed by atoms with van der Waals surface area (Å²) in [5, 5.41) is 3.18. The summed E-state index contributed by atoms with van der Waals surface area (Å²) >= 11 is 3.59. The lowest BCUT2D eigenvalue weighted by molar-refractivity contribution is 0.295. The molecule has 0 radical (unpaired) electrons. The average molecular weight is 327 g/mol. The van der Waals surface area contributed by atoms with Gasteiger partial charge < -0.3 is 10.2 Å². The van der Waals surface area contributed by atoms with Crippen LogP contribution in [0, 0.1) is 11.8 Å². The molecule has 106 valence electrons. The molecule has 1 aromatic rings. The van der Waals surface area contributed by atoms with E-state index in [9.17, 15) is 0 Å².